The van der Waals surface area contributed by atoms with Gasteiger partial charge in [-0.15, -0.1) is 0 Å². The lowest BCUT2D eigenvalue weighted by Crippen LogP contribution is -2.46. The molecule has 4 nitrogen and oxygen atoms in total. The zero-order valence-corrected chi connectivity index (χ0v) is 13.6. The van der Waals surface area contributed by atoms with Crippen molar-refractivity contribution in [2.45, 2.75) is 38.6 Å². The summed E-state index contributed by atoms with van der Waals surface area (Å²) in [6, 6.07) is 9.23. The molecule has 1 aromatic rings. The van der Waals surface area contributed by atoms with E-state index >= 15 is 0 Å². The highest BCUT2D eigenvalue weighted by Crippen LogP contribution is 2.21. The lowest BCUT2D eigenvalue weighted by Gasteiger charge is -2.34. The average molecular weight is 289 g/mol. The third-order valence-electron chi connectivity index (χ3n) is 4.07. The Hall–Kier alpha value is -1.71. The quantitative estimate of drug-likeness (QED) is 0.926. The Morgan fingerprint density at radius 3 is 2.52 bits per heavy atom. The van der Waals surface area contributed by atoms with Crippen molar-refractivity contribution in [3.05, 3.63) is 29.8 Å². The van der Waals surface area contributed by atoms with Gasteiger partial charge in [0.1, 0.15) is 0 Å². The van der Waals surface area contributed by atoms with E-state index in [2.05, 4.69) is 43.4 Å². The Morgan fingerprint density at radius 1 is 1.29 bits per heavy atom. The Labute approximate surface area is 128 Å². The van der Waals surface area contributed by atoms with Crippen molar-refractivity contribution in [3.8, 4) is 0 Å². The van der Waals surface area contributed by atoms with Crippen LogP contribution in [0.25, 0.3) is 0 Å². The van der Waals surface area contributed by atoms with Crippen LogP contribution in [-0.2, 0) is 0 Å². The smallest absolute Gasteiger partial charge is 0.319 e. The molecule has 2 amide bonds. The summed E-state index contributed by atoms with van der Waals surface area (Å²) in [7, 11) is 3.62. The molecular weight excluding hydrogens is 262 g/mol. The first-order chi connectivity index (χ1) is 9.97. The van der Waals surface area contributed by atoms with E-state index < -0.39 is 0 Å². The molecule has 0 spiro atoms. The van der Waals surface area contributed by atoms with E-state index in [0.717, 1.165) is 25.9 Å². The maximum absolute atomic E-state index is 11.9. The van der Waals surface area contributed by atoms with E-state index in [0.29, 0.717) is 12.0 Å². The van der Waals surface area contributed by atoms with Crippen LogP contribution in [-0.4, -0.2) is 49.1 Å². The van der Waals surface area contributed by atoms with Gasteiger partial charge in [-0.2, -0.15) is 0 Å². The number of amides is 2. The van der Waals surface area contributed by atoms with Crippen LogP contribution >= 0.6 is 0 Å². The summed E-state index contributed by atoms with van der Waals surface area (Å²) in [5.74, 6) is 0.548. The number of hydrogen-bond donors (Lipinski definition) is 1. The molecule has 0 bridgehead atoms. The second-order valence-electron chi connectivity index (χ2n) is 6.36. The van der Waals surface area contributed by atoms with Gasteiger partial charge in [0.15, 0.2) is 0 Å². The highest BCUT2D eigenvalue weighted by atomic mass is 16.2. The molecule has 0 saturated carbocycles. The number of hydrogen-bond acceptors (Lipinski definition) is 2. The number of piperidine rings is 1. The molecule has 1 saturated heterocycles. The van der Waals surface area contributed by atoms with Gasteiger partial charge in [-0.25, -0.2) is 4.79 Å². The van der Waals surface area contributed by atoms with Gasteiger partial charge in [0.2, 0.25) is 0 Å². The van der Waals surface area contributed by atoms with Crippen molar-refractivity contribution in [2.24, 2.45) is 0 Å². The van der Waals surface area contributed by atoms with Crippen molar-refractivity contribution < 1.29 is 4.79 Å². The summed E-state index contributed by atoms with van der Waals surface area (Å²) in [5.41, 5.74) is 2.55. The molecule has 116 valence electrons. The maximum atomic E-state index is 11.9. The van der Waals surface area contributed by atoms with Crippen LogP contribution in [0, 0.1) is 0 Å². The van der Waals surface area contributed by atoms with Gasteiger partial charge >= 0.3 is 6.03 Å². The number of carbonyl (C=O) groups is 1. The van der Waals surface area contributed by atoms with E-state index in [1.165, 1.54) is 11.3 Å². The third kappa shape index (κ3) is 4.13. The predicted molar refractivity (Wildman–Crippen MR) is 87.8 cm³/mol. The number of nitrogens with one attached hydrogen (secondary N) is 1. The molecule has 0 unspecified atom stereocenters. The van der Waals surface area contributed by atoms with Crippen LogP contribution in [0.5, 0.6) is 0 Å². The van der Waals surface area contributed by atoms with Gasteiger partial charge in [-0.1, -0.05) is 26.0 Å². The molecule has 2 rings (SSSR count). The summed E-state index contributed by atoms with van der Waals surface area (Å²) < 4.78 is 0. The highest BCUT2D eigenvalue weighted by Gasteiger charge is 2.23. The van der Waals surface area contributed by atoms with Crippen molar-refractivity contribution >= 4 is 11.7 Å². The Kier molecular flexibility index (Phi) is 5.10. The number of rotatable bonds is 3. The summed E-state index contributed by atoms with van der Waals surface area (Å²) in [5, 5.41) is 3.61. The lowest BCUT2D eigenvalue weighted by atomic mass is 10.0. The first-order valence-corrected chi connectivity index (χ1v) is 7.80. The molecule has 1 aromatic carbocycles. The van der Waals surface area contributed by atoms with Gasteiger partial charge in [-0.05, 0) is 36.5 Å². The van der Waals surface area contributed by atoms with Crippen molar-refractivity contribution in [1.82, 2.24) is 9.80 Å². The van der Waals surface area contributed by atoms with E-state index in [9.17, 15) is 4.79 Å². The molecule has 1 aliphatic heterocycles. The van der Waals surface area contributed by atoms with E-state index in [-0.39, 0.29) is 6.03 Å². The molecule has 0 atom stereocenters. The third-order valence-corrected chi connectivity index (χ3v) is 4.07. The minimum absolute atomic E-state index is 0.121. The first kappa shape index (κ1) is 15.7. The molecular formula is C17H27N3O. The first-order valence-electron chi connectivity index (χ1n) is 7.80. The molecule has 0 aliphatic carbocycles. The number of urea groups is 1. The van der Waals surface area contributed by atoms with Crippen LogP contribution < -0.4 is 5.32 Å². The Bertz CT molecular complexity index is 477. The van der Waals surface area contributed by atoms with Gasteiger partial charge in [-0.3, -0.25) is 0 Å². The average Bonchev–Trinajstić information content (AvgIpc) is 2.47. The van der Waals surface area contributed by atoms with Crippen LogP contribution in [0.1, 0.15) is 38.2 Å². The summed E-state index contributed by atoms with van der Waals surface area (Å²) in [6.07, 6.45) is 2.01. The van der Waals surface area contributed by atoms with Crippen LogP contribution in [0.15, 0.2) is 24.3 Å². The molecule has 1 N–H and O–H groups in total. The largest absolute Gasteiger partial charge is 0.382 e. The maximum Gasteiger partial charge on any atom is 0.319 e. The zero-order chi connectivity index (χ0) is 15.4. The summed E-state index contributed by atoms with van der Waals surface area (Å²) >= 11 is 0. The van der Waals surface area contributed by atoms with E-state index in [4.69, 9.17) is 0 Å². The monoisotopic (exact) mass is 289 g/mol. The standard InChI is InChI=1S/C17H27N3O/c1-13(2)14-6-5-7-16(12-14)18-15-8-10-20(11-9-15)17(21)19(3)4/h5-7,12-13,15,18H,8-11H2,1-4H3. The van der Waals surface area contributed by atoms with Crippen molar-refractivity contribution in [3.63, 3.8) is 0 Å². The zero-order valence-electron chi connectivity index (χ0n) is 13.6. The topological polar surface area (TPSA) is 35.6 Å². The minimum atomic E-state index is 0.121. The molecule has 0 radical (unpaired) electrons. The van der Waals surface area contributed by atoms with Crippen LogP contribution in [0.2, 0.25) is 0 Å². The minimum Gasteiger partial charge on any atom is -0.382 e. The fourth-order valence-electron chi connectivity index (χ4n) is 2.72. The van der Waals surface area contributed by atoms with Gasteiger partial charge < -0.3 is 15.1 Å². The second kappa shape index (κ2) is 6.83. The second-order valence-corrected chi connectivity index (χ2v) is 6.36. The number of likely N-dealkylation sites (tertiary alicyclic amines) is 1. The SMILES string of the molecule is CC(C)c1cccc(NC2CCN(C(=O)N(C)C)CC2)c1. The summed E-state index contributed by atoms with van der Waals surface area (Å²) in [4.78, 5) is 15.5. The normalized spacial score (nSPS) is 16.1. The lowest BCUT2D eigenvalue weighted by molar-refractivity contribution is 0.158. The predicted octanol–water partition coefficient (Wildman–Crippen LogP) is 3.37. The van der Waals surface area contributed by atoms with Crippen LogP contribution in [0.3, 0.4) is 0 Å². The van der Waals surface area contributed by atoms with Crippen molar-refractivity contribution in [1.29, 1.82) is 0 Å². The Morgan fingerprint density at radius 2 is 1.95 bits per heavy atom. The number of nitrogens with zero attached hydrogens (tertiary/aromatic N) is 2. The van der Waals surface area contributed by atoms with E-state index in [1.54, 1.807) is 4.90 Å². The Balaban J connectivity index is 1.89. The fraction of sp³-hybridized carbons (Fsp3) is 0.588. The van der Waals surface area contributed by atoms with Gasteiger partial charge in [0, 0.05) is 38.9 Å². The van der Waals surface area contributed by atoms with Gasteiger partial charge in [0.25, 0.3) is 0 Å². The highest BCUT2D eigenvalue weighted by molar-refractivity contribution is 5.73. The number of anilines is 1. The fourth-order valence-corrected chi connectivity index (χ4v) is 2.72. The molecule has 21 heavy (non-hydrogen) atoms. The van der Waals surface area contributed by atoms with Crippen LogP contribution in [0.4, 0.5) is 10.5 Å². The van der Waals surface area contributed by atoms with E-state index in [1.807, 2.05) is 19.0 Å². The molecule has 1 aliphatic rings. The molecule has 1 fully saturated rings. The van der Waals surface area contributed by atoms with Gasteiger partial charge in [0.05, 0.1) is 0 Å². The molecule has 1 heterocycles. The number of benzene rings is 1. The number of carbonyl (C=O) groups excluding carboxylic acids is 1. The molecule has 0 aromatic heterocycles. The molecule has 4 heteroatoms. The summed E-state index contributed by atoms with van der Waals surface area (Å²) in [6.45, 7) is 6.09. The van der Waals surface area contributed by atoms with Crippen molar-refractivity contribution in [2.75, 3.05) is 32.5 Å².